The van der Waals surface area contributed by atoms with E-state index in [1.54, 1.807) is 42.3 Å². The van der Waals surface area contributed by atoms with Gasteiger partial charge in [-0.25, -0.2) is 14.6 Å². The quantitative estimate of drug-likeness (QED) is 0.199. The highest BCUT2D eigenvalue weighted by molar-refractivity contribution is 7.20. The van der Waals surface area contributed by atoms with Gasteiger partial charge in [0.2, 0.25) is 0 Å². The summed E-state index contributed by atoms with van der Waals surface area (Å²) in [5.74, 6) is 0.123. The number of piperazine rings is 1. The van der Waals surface area contributed by atoms with Gasteiger partial charge in [-0.2, -0.15) is 0 Å². The second kappa shape index (κ2) is 13.0. The Kier molecular flexibility index (Phi) is 8.51. The lowest BCUT2D eigenvalue weighted by molar-refractivity contribution is 0.0527. The Morgan fingerprint density at radius 2 is 1.61 bits per heavy atom. The minimum absolute atomic E-state index is 0.175. The van der Waals surface area contributed by atoms with Crippen molar-refractivity contribution in [2.24, 2.45) is 0 Å². The molecule has 0 saturated carbocycles. The third-order valence-electron chi connectivity index (χ3n) is 7.41. The Balaban J connectivity index is 1.03. The number of para-hydroxylation sites is 1. The third kappa shape index (κ3) is 6.40. The summed E-state index contributed by atoms with van der Waals surface area (Å²) in [6, 6.07) is 28.6. The molecule has 44 heavy (non-hydrogen) atoms. The first-order chi connectivity index (χ1) is 21.5. The largest absolute Gasteiger partial charge is 0.462 e. The van der Waals surface area contributed by atoms with E-state index < -0.39 is 5.97 Å². The van der Waals surface area contributed by atoms with Crippen molar-refractivity contribution in [2.45, 2.75) is 6.92 Å². The van der Waals surface area contributed by atoms with Gasteiger partial charge in [0, 0.05) is 30.9 Å². The number of esters is 1. The number of fused-ring (bicyclic) bond motifs is 1. The van der Waals surface area contributed by atoms with Crippen LogP contribution in [0.4, 0.5) is 22.0 Å². The van der Waals surface area contributed by atoms with E-state index in [1.807, 2.05) is 36.4 Å². The molecular weight excluding hydrogens is 574 g/mol. The molecule has 0 unspecified atom stereocenters. The van der Waals surface area contributed by atoms with E-state index in [4.69, 9.17) is 4.74 Å². The number of nitrogens with zero attached hydrogens (tertiary/aromatic N) is 3. The summed E-state index contributed by atoms with van der Waals surface area (Å²) in [4.78, 5) is 47.2. The fraction of sp³-hybridized carbons (Fsp3) is 0.176. The first kappa shape index (κ1) is 28.9. The Labute approximate surface area is 259 Å². The summed E-state index contributed by atoms with van der Waals surface area (Å²) in [6.45, 7) is 4.17. The molecule has 3 aromatic carbocycles. The van der Waals surface area contributed by atoms with Gasteiger partial charge in [0.05, 0.1) is 34.6 Å². The molecule has 6 rings (SSSR count). The Morgan fingerprint density at radius 1 is 0.841 bits per heavy atom. The average Bonchev–Trinajstić information content (AvgIpc) is 3.50. The van der Waals surface area contributed by atoms with E-state index in [0.717, 1.165) is 27.0 Å². The zero-order chi connectivity index (χ0) is 30.5. The second-order valence-corrected chi connectivity index (χ2v) is 11.3. The Bertz CT molecular complexity index is 1800. The van der Waals surface area contributed by atoms with Gasteiger partial charge in [0.25, 0.3) is 5.91 Å². The standard InChI is InChI=1S/C34H31N5O4S/c1-2-43-33(41)27-10-6-7-11-28(27)37-34(42)39-18-16-38(17-19-39)31-15-13-26(22-35-31)36-32(40)30-21-25-20-24(12-14-29(25)44-30)23-8-4-3-5-9-23/h3-15,20-22H,2,16-19H2,1H3,(H,36,40)(H,37,42). The van der Waals surface area contributed by atoms with Crippen LogP contribution in [0.5, 0.6) is 0 Å². The molecule has 0 aliphatic carbocycles. The minimum Gasteiger partial charge on any atom is -0.462 e. The maximum absolute atomic E-state index is 13.0. The molecule has 1 saturated heterocycles. The van der Waals surface area contributed by atoms with Crippen LogP contribution in [-0.2, 0) is 4.74 Å². The molecule has 5 aromatic rings. The van der Waals surface area contributed by atoms with Crippen LogP contribution >= 0.6 is 11.3 Å². The van der Waals surface area contributed by atoms with Crippen molar-refractivity contribution in [2.75, 3.05) is 48.3 Å². The summed E-state index contributed by atoms with van der Waals surface area (Å²) in [5, 5.41) is 6.84. The van der Waals surface area contributed by atoms with Gasteiger partial charge in [0.15, 0.2) is 0 Å². The van der Waals surface area contributed by atoms with Gasteiger partial charge in [-0.05, 0) is 65.9 Å². The normalized spacial score (nSPS) is 13.0. The number of hydrogen-bond acceptors (Lipinski definition) is 7. The topological polar surface area (TPSA) is 104 Å². The lowest BCUT2D eigenvalue weighted by Gasteiger charge is -2.35. The van der Waals surface area contributed by atoms with E-state index in [2.05, 4.69) is 50.8 Å². The number of carbonyl (C=O) groups is 3. The van der Waals surface area contributed by atoms with Crippen molar-refractivity contribution >= 4 is 56.5 Å². The first-order valence-electron chi connectivity index (χ1n) is 14.4. The Morgan fingerprint density at radius 3 is 2.36 bits per heavy atom. The molecule has 3 heterocycles. The van der Waals surface area contributed by atoms with Crippen LogP contribution in [0.1, 0.15) is 27.0 Å². The SMILES string of the molecule is CCOC(=O)c1ccccc1NC(=O)N1CCN(c2ccc(NC(=O)c3cc4cc(-c5ccccc5)ccc4s3)cn2)CC1. The molecule has 10 heteroatoms. The van der Waals surface area contributed by atoms with Crippen LogP contribution in [0.3, 0.4) is 0 Å². The van der Waals surface area contributed by atoms with E-state index >= 15 is 0 Å². The molecule has 1 fully saturated rings. The van der Waals surface area contributed by atoms with E-state index in [0.29, 0.717) is 48.0 Å². The predicted octanol–water partition coefficient (Wildman–Crippen LogP) is 6.75. The van der Waals surface area contributed by atoms with Gasteiger partial charge in [-0.15, -0.1) is 11.3 Å². The molecule has 2 aromatic heterocycles. The van der Waals surface area contributed by atoms with Crippen LogP contribution in [0.25, 0.3) is 21.2 Å². The Hall–Kier alpha value is -5.22. The second-order valence-electron chi connectivity index (χ2n) is 10.3. The van der Waals surface area contributed by atoms with Crippen molar-refractivity contribution in [1.29, 1.82) is 0 Å². The van der Waals surface area contributed by atoms with Crippen LogP contribution in [-0.4, -0.2) is 60.6 Å². The van der Waals surface area contributed by atoms with Crippen LogP contribution < -0.4 is 15.5 Å². The van der Waals surface area contributed by atoms with Gasteiger partial charge < -0.3 is 25.2 Å². The highest BCUT2D eigenvalue weighted by atomic mass is 32.1. The van der Waals surface area contributed by atoms with Gasteiger partial charge in [-0.3, -0.25) is 4.79 Å². The van der Waals surface area contributed by atoms with Crippen molar-refractivity contribution in [3.05, 3.63) is 108 Å². The number of ether oxygens (including phenoxy) is 1. The van der Waals surface area contributed by atoms with E-state index in [1.165, 1.54) is 11.3 Å². The summed E-state index contributed by atoms with van der Waals surface area (Å²) in [7, 11) is 0. The number of carbonyl (C=O) groups excluding carboxylic acids is 3. The smallest absolute Gasteiger partial charge is 0.340 e. The monoisotopic (exact) mass is 605 g/mol. The number of nitrogens with one attached hydrogen (secondary N) is 2. The fourth-order valence-electron chi connectivity index (χ4n) is 5.12. The molecule has 9 nitrogen and oxygen atoms in total. The van der Waals surface area contributed by atoms with Crippen molar-refractivity contribution in [1.82, 2.24) is 9.88 Å². The highest BCUT2D eigenvalue weighted by Crippen LogP contribution is 2.31. The number of amides is 3. The van der Waals surface area contributed by atoms with Gasteiger partial charge in [-0.1, -0.05) is 48.5 Å². The number of aromatic nitrogens is 1. The summed E-state index contributed by atoms with van der Waals surface area (Å²) >= 11 is 1.46. The van der Waals surface area contributed by atoms with Gasteiger partial charge in [0.1, 0.15) is 5.82 Å². The van der Waals surface area contributed by atoms with Crippen molar-refractivity contribution < 1.29 is 19.1 Å². The maximum Gasteiger partial charge on any atom is 0.340 e. The molecule has 0 atom stereocenters. The average molecular weight is 606 g/mol. The summed E-state index contributed by atoms with van der Waals surface area (Å²) < 4.78 is 6.16. The van der Waals surface area contributed by atoms with Crippen LogP contribution in [0.15, 0.2) is 97.2 Å². The molecule has 0 bridgehead atoms. The number of rotatable bonds is 7. The van der Waals surface area contributed by atoms with Gasteiger partial charge >= 0.3 is 12.0 Å². The zero-order valence-corrected chi connectivity index (χ0v) is 25.0. The number of anilines is 3. The van der Waals surface area contributed by atoms with Crippen LogP contribution in [0, 0.1) is 0 Å². The van der Waals surface area contributed by atoms with Crippen molar-refractivity contribution in [3.63, 3.8) is 0 Å². The number of benzene rings is 3. The number of thiophene rings is 1. The van der Waals surface area contributed by atoms with E-state index in [-0.39, 0.29) is 18.5 Å². The lowest BCUT2D eigenvalue weighted by atomic mass is 10.0. The number of hydrogen-bond donors (Lipinski definition) is 2. The zero-order valence-electron chi connectivity index (χ0n) is 24.2. The third-order valence-corrected chi connectivity index (χ3v) is 8.52. The fourth-order valence-corrected chi connectivity index (χ4v) is 6.06. The predicted molar refractivity (Wildman–Crippen MR) is 175 cm³/mol. The minimum atomic E-state index is -0.472. The number of pyridine rings is 1. The van der Waals surface area contributed by atoms with Crippen LogP contribution in [0.2, 0.25) is 0 Å². The molecule has 0 spiro atoms. The van der Waals surface area contributed by atoms with E-state index in [9.17, 15) is 14.4 Å². The summed E-state index contributed by atoms with van der Waals surface area (Å²) in [6.07, 6.45) is 1.65. The maximum atomic E-state index is 13.0. The molecule has 1 aliphatic rings. The first-order valence-corrected chi connectivity index (χ1v) is 15.2. The summed E-state index contributed by atoms with van der Waals surface area (Å²) in [5.41, 5.74) is 3.61. The number of urea groups is 1. The van der Waals surface area contributed by atoms with Crippen molar-refractivity contribution in [3.8, 4) is 11.1 Å². The highest BCUT2D eigenvalue weighted by Gasteiger charge is 2.23. The lowest BCUT2D eigenvalue weighted by Crippen LogP contribution is -2.50. The molecule has 1 aliphatic heterocycles. The molecular formula is C34H31N5O4S. The molecule has 0 radical (unpaired) electrons. The molecule has 2 N–H and O–H groups in total. The molecule has 3 amide bonds. The molecule has 222 valence electrons.